The predicted octanol–water partition coefficient (Wildman–Crippen LogP) is 1.80. The molecule has 1 amide bonds. The standard InChI is InChI=1S/C12H24N2O/c1-11(2)12(15)13-9-7-5-6-8-10-14(3)4/h1,5-10H2,2-4H3,(H,13,15). The molecule has 0 aromatic heterocycles. The lowest BCUT2D eigenvalue weighted by Crippen LogP contribution is -2.24. The van der Waals surface area contributed by atoms with Gasteiger partial charge in [0.25, 0.3) is 0 Å². The van der Waals surface area contributed by atoms with E-state index in [1.807, 2.05) is 0 Å². The van der Waals surface area contributed by atoms with Gasteiger partial charge in [-0.3, -0.25) is 4.79 Å². The van der Waals surface area contributed by atoms with Gasteiger partial charge in [-0.05, 0) is 40.4 Å². The average Bonchev–Trinajstić information content (AvgIpc) is 2.15. The first-order valence-corrected chi connectivity index (χ1v) is 5.62. The van der Waals surface area contributed by atoms with E-state index < -0.39 is 0 Å². The van der Waals surface area contributed by atoms with Crippen molar-refractivity contribution < 1.29 is 4.79 Å². The topological polar surface area (TPSA) is 32.3 Å². The molecular weight excluding hydrogens is 188 g/mol. The highest BCUT2D eigenvalue weighted by Gasteiger charge is 1.99. The summed E-state index contributed by atoms with van der Waals surface area (Å²) in [5, 5.41) is 2.83. The number of nitrogens with zero attached hydrogens (tertiary/aromatic N) is 1. The van der Waals surface area contributed by atoms with Crippen molar-refractivity contribution in [1.82, 2.24) is 10.2 Å². The lowest BCUT2D eigenvalue weighted by molar-refractivity contribution is -0.117. The average molecular weight is 212 g/mol. The minimum atomic E-state index is -0.0247. The lowest BCUT2D eigenvalue weighted by atomic mass is 10.2. The quantitative estimate of drug-likeness (QED) is 0.491. The van der Waals surface area contributed by atoms with E-state index in [0.29, 0.717) is 5.57 Å². The van der Waals surface area contributed by atoms with E-state index in [4.69, 9.17) is 0 Å². The van der Waals surface area contributed by atoms with Crippen LogP contribution in [0.1, 0.15) is 32.6 Å². The van der Waals surface area contributed by atoms with Crippen LogP contribution in [0.25, 0.3) is 0 Å². The SMILES string of the molecule is C=C(C)C(=O)NCCCCCCN(C)C. The Bertz CT molecular complexity index is 200. The summed E-state index contributed by atoms with van der Waals surface area (Å²) < 4.78 is 0. The van der Waals surface area contributed by atoms with Crippen LogP contribution in [0.2, 0.25) is 0 Å². The second kappa shape index (κ2) is 8.48. The van der Waals surface area contributed by atoms with Crippen molar-refractivity contribution in [3.05, 3.63) is 12.2 Å². The smallest absolute Gasteiger partial charge is 0.246 e. The van der Waals surface area contributed by atoms with Crippen molar-refractivity contribution in [2.45, 2.75) is 32.6 Å². The summed E-state index contributed by atoms with van der Waals surface area (Å²) in [6.45, 7) is 7.24. The molecule has 0 unspecified atom stereocenters. The van der Waals surface area contributed by atoms with Crippen molar-refractivity contribution in [2.75, 3.05) is 27.2 Å². The molecule has 1 N–H and O–H groups in total. The van der Waals surface area contributed by atoms with Crippen LogP contribution in [0.3, 0.4) is 0 Å². The van der Waals surface area contributed by atoms with Crippen LogP contribution in [0.4, 0.5) is 0 Å². The second-order valence-electron chi connectivity index (χ2n) is 4.25. The molecule has 0 rings (SSSR count). The molecule has 0 heterocycles. The monoisotopic (exact) mass is 212 g/mol. The maximum atomic E-state index is 11.1. The first-order chi connectivity index (χ1) is 7.04. The molecule has 0 spiro atoms. The predicted molar refractivity (Wildman–Crippen MR) is 64.8 cm³/mol. The van der Waals surface area contributed by atoms with Gasteiger partial charge < -0.3 is 10.2 Å². The molecule has 0 atom stereocenters. The van der Waals surface area contributed by atoms with E-state index in [9.17, 15) is 4.79 Å². The number of unbranched alkanes of at least 4 members (excludes halogenated alkanes) is 3. The second-order valence-corrected chi connectivity index (χ2v) is 4.25. The van der Waals surface area contributed by atoms with Gasteiger partial charge in [-0.1, -0.05) is 19.4 Å². The third-order valence-corrected chi connectivity index (χ3v) is 2.21. The molecule has 0 radical (unpaired) electrons. The van der Waals surface area contributed by atoms with Gasteiger partial charge in [-0.25, -0.2) is 0 Å². The van der Waals surface area contributed by atoms with Crippen LogP contribution in [-0.2, 0) is 4.79 Å². The molecule has 0 saturated heterocycles. The first kappa shape index (κ1) is 14.2. The van der Waals surface area contributed by atoms with E-state index in [1.54, 1.807) is 6.92 Å². The van der Waals surface area contributed by atoms with Gasteiger partial charge in [0.1, 0.15) is 0 Å². The van der Waals surface area contributed by atoms with E-state index in [-0.39, 0.29) is 5.91 Å². The fraction of sp³-hybridized carbons (Fsp3) is 0.750. The summed E-state index contributed by atoms with van der Waals surface area (Å²) in [6, 6.07) is 0. The molecule has 0 aliphatic carbocycles. The van der Waals surface area contributed by atoms with E-state index >= 15 is 0 Å². The molecule has 0 aromatic carbocycles. The Labute approximate surface area is 93.5 Å². The van der Waals surface area contributed by atoms with E-state index in [2.05, 4.69) is 30.9 Å². The van der Waals surface area contributed by atoms with Crippen LogP contribution < -0.4 is 5.32 Å². The third kappa shape index (κ3) is 9.47. The normalized spacial score (nSPS) is 10.4. The summed E-state index contributed by atoms with van der Waals surface area (Å²) in [5.41, 5.74) is 0.586. The molecular formula is C12H24N2O. The Balaban J connectivity index is 3.18. The van der Waals surface area contributed by atoms with Gasteiger partial charge in [0.15, 0.2) is 0 Å². The van der Waals surface area contributed by atoms with Crippen molar-refractivity contribution >= 4 is 5.91 Å². The van der Waals surface area contributed by atoms with Crippen LogP contribution >= 0.6 is 0 Å². The fourth-order valence-corrected chi connectivity index (χ4v) is 1.26. The number of amides is 1. The molecule has 3 nitrogen and oxygen atoms in total. The Morgan fingerprint density at radius 2 is 1.80 bits per heavy atom. The molecule has 0 fully saturated rings. The number of hydrogen-bond acceptors (Lipinski definition) is 2. The number of rotatable bonds is 8. The first-order valence-electron chi connectivity index (χ1n) is 5.62. The Morgan fingerprint density at radius 1 is 1.20 bits per heavy atom. The zero-order chi connectivity index (χ0) is 11.7. The Morgan fingerprint density at radius 3 is 2.33 bits per heavy atom. The summed E-state index contributed by atoms with van der Waals surface area (Å²) >= 11 is 0. The zero-order valence-corrected chi connectivity index (χ0v) is 10.3. The Hall–Kier alpha value is -0.830. The number of nitrogens with one attached hydrogen (secondary N) is 1. The van der Waals surface area contributed by atoms with Crippen molar-refractivity contribution in [3.8, 4) is 0 Å². The van der Waals surface area contributed by atoms with E-state index in [1.165, 1.54) is 19.3 Å². The summed E-state index contributed by atoms with van der Waals surface area (Å²) in [7, 11) is 4.18. The number of carbonyl (C=O) groups excluding carboxylic acids is 1. The third-order valence-electron chi connectivity index (χ3n) is 2.21. The van der Waals surface area contributed by atoms with Crippen molar-refractivity contribution in [3.63, 3.8) is 0 Å². The highest BCUT2D eigenvalue weighted by molar-refractivity contribution is 5.91. The van der Waals surface area contributed by atoms with Crippen LogP contribution in [0, 0.1) is 0 Å². The van der Waals surface area contributed by atoms with Gasteiger partial charge >= 0.3 is 0 Å². The highest BCUT2D eigenvalue weighted by atomic mass is 16.1. The molecule has 15 heavy (non-hydrogen) atoms. The van der Waals surface area contributed by atoms with Gasteiger partial charge in [0.2, 0.25) is 5.91 Å². The maximum Gasteiger partial charge on any atom is 0.246 e. The molecule has 0 aromatic rings. The van der Waals surface area contributed by atoms with Crippen LogP contribution in [-0.4, -0.2) is 38.0 Å². The lowest BCUT2D eigenvalue weighted by Gasteiger charge is -2.08. The minimum absolute atomic E-state index is 0.0247. The van der Waals surface area contributed by atoms with Crippen LogP contribution in [0.15, 0.2) is 12.2 Å². The van der Waals surface area contributed by atoms with Crippen molar-refractivity contribution in [1.29, 1.82) is 0 Å². The van der Waals surface area contributed by atoms with Crippen molar-refractivity contribution in [2.24, 2.45) is 0 Å². The minimum Gasteiger partial charge on any atom is -0.352 e. The molecule has 0 aliphatic heterocycles. The summed E-state index contributed by atoms with van der Waals surface area (Å²) in [5.74, 6) is -0.0247. The summed E-state index contributed by atoms with van der Waals surface area (Å²) in [6.07, 6.45) is 4.72. The number of carbonyl (C=O) groups is 1. The van der Waals surface area contributed by atoms with E-state index in [0.717, 1.165) is 19.5 Å². The van der Waals surface area contributed by atoms with Gasteiger partial charge in [0, 0.05) is 12.1 Å². The highest BCUT2D eigenvalue weighted by Crippen LogP contribution is 1.99. The van der Waals surface area contributed by atoms with Gasteiger partial charge in [-0.2, -0.15) is 0 Å². The van der Waals surface area contributed by atoms with Crippen LogP contribution in [0.5, 0.6) is 0 Å². The fourth-order valence-electron chi connectivity index (χ4n) is 1.26. The van der Waals surface area contributed by atoms with Gasteiger partial charge in [0.05, 0.1) is 0 Å². The molecule has 0 saturated carbocycles. The molecule has 0 aliphatic rings. The van der Waals surface area contributed by atoms with Gasteiger partial charge in [-0.15, -0.1) is 0 Å². The largest absolute Gasteiger partial charge is 0.352 e. The maximum absolute atomic E-state index is 11.1. The molecule has 0 bridgehead atoms. The number of hydrogen-bond donors (Lipinski definition) is 1. The molecule has 3 heteroatoms. The molecule has 88 valence electrons. The Kier molecular flexibility index (Phi) is 8.01. The zero-order valence-electron chi connectivity index (χ0n) is 10.3. The summed E-state index contributed by atoms with van der Waals surface area (Å²) in [4.78, 5) is 13.3.